The highest BCUT2D eigenvalue weighted by Crippen LogP contribution is 2.40. The van der Waals surface area contributed by atoms with Crippen molar-refractivity contribution in [3.8, 4) is 0 Å². The second-order valence-electron chi connectivity index (χ2n) is 5.57. The maximum absolute atomic E-state index is 12.1. The summed E-state index contributed by atoms with van der Waals surface area (Å²) in [6, 6.07) is 11.4. The van der Waals surface area contributed by atoms with Crippen molar-refractivity contribution in [3.05, 3.63) is 54.2 Å². The van der Waals surface area contributed by atoms with E-state index in [0.29, 0.717) is 17.5 Å². The van der Waals surface area contributed by atoms with Gasteiger partial charge >= 0.3 is 0 Å². The summed E-state index contributed by atoms with van der Waals surface area (Å²) in [6.45, 7) is 0. The van der Waals surface area contributed by atoms with Crippen LogP contribution in [0.5, 0.6) is 0 Å². The van der Waals surface area contributed by atoms with Crippen molar-refractivity contribution < 1.29 is 4.79 Å². The molecule has 1 aromatic carbocycles. The number of amides is 1. The quantitative estimate of drug-likeness (QED) is 0.678. The Hall–Kier alpha value is -2.49. The van der Waals surface area contributed by atoms with Gasteiger partial charge in [0.15, 0.2) is 0 Å². The van der Waals surface area contributed by atoms with E-state index in [9.17, 15) is 4.79 Å². The van der Waals surface area contributed by atoms with Crippen molar-refractivity contribution in [2.45, 2.75) is 12.8 Å². The van der Waals surface area contributed by atoms with Gasteiger partial charge in [-0.2, -0.15) is 5.10 Å². The van der Waals surface area contributed by atoms with Crippen LogP contribution in [-0.4, -0.2) is 16.6 Å². The fourth-order valence-electron chi connectivity index (χ4n) is 3.04. The smallest absolute Gasteiger partial charge is 0.266 e. The van der Waals surface area contributed by atoms with Gasteiger partial charge in [-0.1, -0.05) is 36.4 Å². The number of fused-ring (bicyclic) bond motifs is 2. The molecule has 2 atom stereocenters. The first kappa shape index (κ1) is 12.3. The molecular weight excluding hydrogens is 262 g/mol. The van der Waals surface area contributed by atoms with E-state index in [-0.39, 0.29) is 5.91 Å². The molecular formula is C17H15N3O. The predicted octanol–water partition coefficient (Wildman–Crippen LogP) is 2.92. The molecule has 1 N–H and O–H groups in total. The Morgan fingerprint density at radius 3 is 3.05 bits per heavy atom. The molecule has 1 saturated carbocycles. The summed E-state index contributed by atoms with van der Waals surface area (Å²) >= 11 is 0. The van der Waals surface area contributed by atoms with E-state index in [2.05, 4.69) is 27.7 Å². The molecule has 0 radical (unpaired) electrons. The highest BCUT2D eigenvalue weighted by Gasteiger charge is 2.38. The first-order valence-electron chi connectivity index (χ1n) is 7.20. The van der Waals surface area contributed by atoms with Crippen molar-refractivity contribution in [2.75, 3.05) is 0 Å². The minimum Gasteiger partial charge on any atom is -0.266 e. The summed E-state index contributed by atoms with van der Waals surface area (Å²) in [5.41, 5.74) is 4.96. The molecule has 0 saturated heterocycles. The minimum absolute atomic E-state index is 0.248. The van der Waals surface area contributed by atoms with E-state index in [4.69, 9.17) is 0 Å². The number of pyridine rings is 1. The Balaban J connectivity index is 1.50. The Kier molecular flexibility index (Phi) is 2.81. The van der Waals surface area contributed by atoms with Crippen molar-refractivity contribution in [1.82, 2.24) is 10.4 Å². The molecule has 4 rings (SSSR count). The molecule has 4 heteroatoms. The van der Waals surface area contributed by atoms with Gasteiger partial charge in [-0.25, -0.2) is 10.4 Å². The van der Waals surface area contributed by atoms with Gasteiger partial charge in [0.05, 0.1) is 5.52 Å². The number of para-hydroxylation sites is 1. The molecule has 1 aromatic heterocycles. The third-order valence-electron chi connectivity index (χ3n) is 4.30. The van der Waals surface area contributed by atoms with Gasteiger partial charge in [-0.3, -0.25) is 4.79 Å². The fourth-order valence-corrected chi connectivity index (χ4v) is 3.04. The molecule has 2 aliphatic carbocycles. The van der Waals surface area contributed by atoms with E-state index in [1.54, 1.807) is 6.07 Å². The maximum Gasteiger partial charge on any atom is 0.289 e. The van der Waals surface area contributed by atoms with Crippen LogP contribution < -0.4 is 5.43 Å². The lowest BCUT2D eigenvalue weighted by Crippen LogP contribution is -2.35. The lowest BCUT2D eigenvalue weighted by molar-refractivity contribution is 0.0949. The van der Waals surface area contributed by atoms with Gasteiger partial charge in [0.25, 0.3) is 5.91 Å². The molecule has 0 spiro atoms. The van der Waals surface area contributed by atoms with Crippen molar-refractivity contribution in [3.63, 3.8) is 0 Å². The second-order valence-corrected chi connectivity index (χ2v) is 5.57. The zero-order valence-corrected chi connectivity index (χ0v) is 11.5. The van der Waals surface area contributed by atoms with Crippen molar-refractivity contribution >= 4 is 22.5 Å². The number of carbonyl (C=O) groups excluding carboxylic acids is 1. The standard InChI is InChI=1S/C17H15N3O/c21-17(20-19-16-10-12-5-3-6-13(12)16)15-9-8-11-4-1-2-7-14(11)18-15/h1-5,7-9,12-13H,6,10H2,(H,20,21)/b19-16+/t12-,13-/m0/s1. The fraction of sp³-hybridized carbons (Fsp3) is 0.235. The third-order valence-corrected chi connectivity index (χ3v) is 4.30. The van der Waals surface area contributed by atoms with E-state index < -0.39 is 0 Å². The van der Waals surface area contributed by atoms with Crippen LogP contribution in [0.1, 0.15) is 23.3 Å². The van der Waals surface area contributed by atoms with Crippen LogP contribution in [0.3, 0.4) is 0 Å². The summed E-state index contributed by atoms with van der Waals surface area (Å²) < 4.78 is 0. The summed E-state index contributed by atoms with van der Waals surface area (Å²) in [5, 5.41) is 5.29. The zero-order valence-electron chi connectivity index (χ0n) is 11.5. The van der Waals surface area contributed by atoms with Crippen LogP contribution in [0.25, 0.3) is 10.9 Å². The third kappa shape index (κ3) is 2.13. The van der Waals surface area contributed by atoms with Gasteiger partial charge < -0.3 is 0 Å². The summed E-state index contributed by atoms with van der Waals surface area (Å²) in [7, 11) is 0. The number of nitrogens with zero attached hydrogens (tertiary/aromatic N) is 2. The Morgan fingerprint density at radius 2 is 2.14 bits per heavy atom. The SMILES string of the molecule is O=C(N/N=C1\C[C@@H]2C=CC[C@H]12)c1ccc2ccccc2n1. The summed E-state index contributed by atoms with van der Waals surface area (Å²) in [5.74, 6) is 0.900. The van der Waals surface area contributed by atoms with Crippen LogP contribution in [0.15, 0.2) is 53.7 Å². The number of hydrogen-bond donors (Lipinski definition) is 1. The van der Waals surface area contributed by atoms with E-state index in [1.807, 2.05) is 30.3 Å². The number of benzene rings is 1. The molecule has 1 heterocycles. The van der Waals surface area contributed by atoms with E-state index in [0.717, 1.165) is 29.5 Å². The van der Waals surface area contributed by atoms with Crippen LogP contribution in [0.4, 0.5) is 0 Å². The lowest BCUT2D eigenvalue weighted by atomic mass is 9.74. The zero-order chi connectivity index (χ0) is 14.2. The summed E-state index contributed by atoms with van der Waals surface area (Å²) in [6.07, 6.45) is 6.46. The predicted molar refractivity (Wildman–Crippen MR) is 82.0 cm³/mol. The highest BCUT2D eigenvalue weighted by atomic mass is 16.2. The van der Waals surface area contributed by atoms with Crippen molar-refractivity contribution in [1.29, 1.82) is 0 Å². The van der Waals surface area contributed by atoms with Crippen LogP contribution in [-0.2, 0) is 0 Å². The number of hydrogen-bond acceptors (Lipinski definition) is 3. The Bertz CT molecular complexity index is 778. The molecule has 104 valence electrons. The topological polar surface area (TPSA) is 54.4 Å². The second kappa shape index (κ2) is 4.81. The molecule has 4 nitrogen and oxygen atoms in total. The average Bonchev–Trinajstić information content (AvgIpc) is 2.88. The minimum atomic E-state index is -0.248. The molecule has 0 unspecified atom stereocenters. The average molecular weight is 277 g/mol. The van der Waals surface area contributed by atoms with Gasteiger partial charge in [-0.15, -0.1) is 0 Å². The molecule has 2 aromatic rings. The number of hydrazone groups is 1. The first-order chi connectivity index (χ1) is 10.3. The molecule has 1 fully saturated rings. The summed E-state index contributed by atoms with van der Waals surface area (Å²) in [4.78, 5) is 16.5. The van der Waals surface area contributed by atoms with Gasteiger partial charge in [0, 0.05) is 17.0 Å². The highest BCUT2D eigenvalue weighted by molar-refractivity contribution is 5.98. The Labute approximate surface area is 122 Å². The number of aromatic nitrogens is 1. The van der Waals surface area contributed by atoms with Crippen LogP contribution in [0, 0.1) is 11.8 Å². The number of nitrogens with one attached hydrogen (secondary N) is 1. The Morgan fingerprint density at radius 1 is 1.24 bits per heavy atom. The van der Waals surface area contributed by atoms with Gasteiger partial charge in [0.2, 0.25) is 0 Å². The van der Waals surface area contributed by atoms with Crippen LogP contribution in [0.2, 0.25) is 0 Å². The number of carbonyl (C=O) groups is 1. The maximum atomic E-state index is 12.1. The number of allylic oxidation sites excluding steroid dienone is 2. The van der Waals surface area contributed by atoms with Gasteiger partial charge in [0.1, 0.15) is 5.69 Å². The molecule has 1 amide bonds. The number of rotatable bonds is 2. The van der Waals surface area contributed by atoms with E-state index in [1.165, 1.54) is 0 Å². The van der Waals surface area contributed by atoms with Gasteiger partial charge in [-0.05, 0) is 30.9 Å². The van der Waals surface area contributed by atoms with E-state index >= 15 is 0 Å². The molecule has 2 aliphatic rings. The van der Waals surface area contributed by atoms with Crippen LogP contribution >= 0.6 is 0 Å². The lowest BCUT2D eigenvalue weighted by Gasteiger charge is -2.31. The molecule has 0 bridgehead atoms. The monoisotopic (exact) mass is 277 g/mol. The molecule has 21 heavy (non-hydrogen) atoms. The normalized spacial score (nSPS) is 24.9. The van der Waals surface area contributed by atoms with Crippen molar-refractivity contribution in [2.24, 2.45) is 16.9 Å². The first-order valence-corrected chi connectivity index (χ1v) is 7.20. The molecule has 0 aliphatic heterocycles. The largest absolute Gasteiger partial charge is 0.289 e.